The van der Waals surface area contributed by atoms with Gasteiger partial charge in [-0.1, -0.05) is 61.7 Å². The third-order valence-electron chi connectivity index (χ3n) is 9.81. The van der Waals surface area contributed by atoms with Gasteiger partial charge in [0.25, 0.3) is 10.0 Å². The number of nitrogens with one attached hydrogen (secondary N) is 1. The summed E-state index contributed by atoms with van der Waals surface area (Å²) in [7, 11) is -3.64. The number of aryl methyl sites for hydroxylation is 1. The van der Waals surface area contributed by atoms with Crippen LogP contribution in [0, 0.1) is 0 Å². The summed E-state index contributed by atoms with van der Waals surface area (Å²) in [6.07, 6.45) is 12.7. The number of rotatable bonds is 12. The van der Waals surface area contributed by atoms with E-state index in [1.54, 1.807) is 30.5 Å². The smallest absolute Gasteiger partial charge is 0.268 e. The number of nitrogens with zero attached hydrogens (tertiary/aromatic N) is 4. The molecule has 0 unspecified atom stereocenters. The highest BCUT2D eigenvalue weighted by molar-refractivity contribution is 7.90. The number of unbranched alkanes of at least 4 members (excludes halogenated alkanes) is 4. The van der Waals surface area contributed by atoms with Crippen LogP contribution in [0.25, 0.3) is 21.8 Å². The predicted octanol–water partition coefficient (Wildman–Crippen LogP) is 7.49. The zero-order chi connectivity index (χ0) is 31.3. The molecule has 7 nitrogen and oxygen atoms in total. The average Bonchev–Trinajstić information content (AvgIpc) is 3.55. The van der Waals surface area contributed by atoms with Crippen molar-refractivity contribution in [1.29, 1.82) is 0 Å². The normalized spacial score (nSPS) is 15.8. The van der Waals surface area contributed by atoms with E-state index in [9.17, 15) is 8.42 Å². The number of fused-ring (bicyclic) bond motifs is 3. The van der Waals surface area contributed by atoms with Gasteiger partial charge in [-0.15, -0.1) is 0 Å². The molecule has 0 radical (unpaired) electrons. The van der Waals surface area contributed by atoms with E-state index in [-0.39, 0.29) is 0 Å². The number of benzene rings is 3. The minimum atomic E-state index is -3.64. The molecule has 3 aromatic carbocycles. The number of pyridine rings is 1. The van der Waals surface area contributed by atoms with Crippen LogP contribution in [-0.2, 0) is 22.9 Å². The minimum absolute atomic E-state index is 0.306. The summed E-state index contributed by atoms with van der Waals surface area (Å²) in [5.41, 5.74) is 7.07. The first-order chi connectivity index (χ1) is 22.6. The Bertz CT molecular complexity index is 1900. The summed E-state index contributed by atoms with van der Waals surface area (Å²) in [4.78, 5) is 10.3. The molecule has 8 heteroatoms. The summed E-state index contributed by atoms with van der Waals surface area (Å²) >= 11 is 0. The van der Waals surface area contributed by atoms with Crippen LogP contribution in [0.4, 0.5) is 11.4 Å². The Morgan fingerprint density at radius 1 is 0.717 bits per heavy atom. The van der Waals surface area contributed by atoms with E-state index < -0.39 is 10.0 Å². The number of piperazine rings is 1. The summed E-state index contributed by atoms with van der Waals surface area (Å²) in [6, 6.07) is 25.2. The van der Waals surface area contributed by atoms with Crippen molar-refractivity contribution in [2.45, 2.75) is 62.7 Å². The fraction of sp³-hybridized carbons (Fsp3) is 0.395. The number of hydrogen-bond acceptors (Lipinski definition) is 6. The molecule has 1 saturated heterocycles. The van der Waals surface area contributed by atoms with Crippen LogP contribution in [-0.4, -0.2) is 61.5 Å². The Labute approximate surface area is 273 Å². The summed E-state index contributed by atoms with van der Waals surface area (Å²) in [5, 5.41) is 6.08. The van der Waals surface area contributed by atoms with E-state index in [0.717, 1.165) is 74.2 Å². The second-order valence-corrected chi connectivity index (χ2v) is 14.6. The second kappa shape index (κ2) is 13.9. The minimum Gasteiger partial charge on any atom is -0.384 e. The molecule has 46 heavy (non-hydrogen) atoms. The van der Waals surface area contributed by atoms with E-state index in [0.29, 0.717) is 4.90 Å². The maximum Gasteiger partial charge on any atom is 0.268 e. The van der Waals surface area contributed by atoms with Crippen molar-refractivity contribution in [2.24, 2.45) is 0 Å². The Kier molecular flexibility index (Phi) is 9.26. The van der Waals surface area contributed by atoms with E-state index in [4.69, 9.17) is 4.98 Å². The molecule has 240 valence electrons. The molecule has 3 heterocycles. The first kappa shape index (κ1) is 30.8. The fourth-order valence-corrected chi connectivity index (χ4v) is 8.68. The van der Waals surface area contributed by atoms with Gasteiger partial charge in [0.1, 0.15) is 0 Å². The van der Waals surface area contributed by atoms with Crippen molar-refractivity contribution in [3.63, 3.8) is 0 Å². The maximum absolute atomic E-state index is 13.3. The van der Waals surface area contributed by atoms with E-state index in [1.165, 1.54) is 71.2 Å². The summed E-state index contributed by atoms with van der Waals surface area (Å²) in [5.74, 6) is 0. The lowest BCUT2D eigenvalue weighted by Gasteiger charge is -2.36. The fourth-order valence-electron chi connectivity index (χ4n) is 7.31. The molecule has 1 aliphatic carbocycles. The van der Waals surface area contributed by atoms with Gasteiger partial charge in [-0.3, -0.25) is 9.88 Å². The first-order valence-corrected chi connectivity index (χ1v) is 18.6. The van der Waals surface area contributed by atoms with Gasteiger partial charge in [0.05, 0.1) is 15.9 Å². The lowest BCUT2D eigenvalue weighted by atomic mass is 9.92. The average molecular weight is 636 g/mol. The monoisotopic (exact) mass is 635 g/mol. The molecule has 1 fully saturated rings. The van der Waals surface area contributed by atoms with Crippen LogP contribution in [0.1, 0.15) is 56.2 Å². The second-order valence-electron chi connectivity index (χ2n) is 12.8. The number of hydrogen-bond donors (Lipinski definition) is 1. The number of aromatic nitrogens is 2. The molecule has 2 aromatic heterocycles. The van der Waals surface area contributed by atoms with Gasteiger partial charge < -0.3 is 10.2 Å². The van der Waals surface area contributed by atoms with Gasteiger partial charge in [0.2, 0.25) is 0 Å². The standard InChI is InChI=1S/C38H45N5O2S/c44-46(45,30-14-5-4-6-15-30)43-25-22-33-36(20-13-21-37(33)43)42-28-26-41(27-29-42)24-12-3-1-2-11-23-39-38-31-16-7-9-18-34(31)40-35-19-10-8-17-32(35)38/h4-7,9,13-16,18,20-22,25H,1-3,8,10-12,17,19,23-24,26-29H2,(H,39,40). The van der Waals surface area contributed by atoms with Crippen LogP contribution in [0.2, 0.25) is 0 Å². The molecule has 0 atom stereocenters. The van der Waals surface area contributed by atoms with Crippen molar-refractivity contribution in [1.82, 2.24) is 13.9 Å². The quantitative estimate of drug-likeness (QED) is 0.143. The highest BCUT2D eigenvalue weighted by Gasteiger charge is 2.23. The molecular weight excluding hydrogens is 591 g/mol. The first-order valence-electron chi connectivity index (χ1n) is 17.1. The van der Waals surface area contributed by atoms with Gasteiger partial charge in [0.15, 0.2) is 0 Å². The molecule has 5 aromatic rings. The molecule has 2 aliphatic rings. The molecule has 0 amide bonds. The van der Waals surface area contributed by atoms with Gasteiger partial charge >= 0.3 is 0 Å². The molecule has 0 spiro atoms. The Balaban J connectivity index is 0.853. The molecule has 0 bridgehead atoms. The van der Waals surface area contributed by atoms with Crippen LogP contribution in [0.15, 0.2) is 90.0 Å². The summed E-state index contributed by atoms with van der Waals surface area (Å²) < 4.78 is 28.1. The zero-order valence-electron chi connectivity index (χ0n) is 26.7. The van der Waals surface area contributed by atoms with Gasteiger partial charge in [-0.05, 0) is 87.0 Å². The molecule has 0 saturated carbocycles. The lowest BCUT2D eigenvalue weighted by Crippen LogP contribution is -2.46. The lowest BCUT2D eigenvalue weighted by molar-refractivity contribution is 0.252. The number of anilines is 2. The topological polar surface area (TPSA) is 70.5 Å². The Morgan fingerprint density at radius 2 is 1.48 bits per heavy atom. The summed E-state index contributed by atoms with van der Waals surface area (Å²) in [6.45, 7) is 6.15. The maximum atomic E-state index is 13.3. The van der Waals surface area contributed by atoms with Gasteiger partial charge in [-0.25, -0.2) is 12.4 Å². The van der Waals surface area contributed by atoms with E-state index >= 15 is 0 Å². The Hall–Kier alpha value is -3.88. The zero-order valence-corrected chi connectivity index (χ0v) is 27.5. The molecule has 7 rings (SSSR count). The van der Waals surface area contributed by atoms with Crippen LogP contribution in [0.3, 0.4) is 0 Å². The van der Waals surface area contributed by atoms with Crippen molar-refractivity contribution in [3.05, 3.63) is 96.3 Å². The third-order valence-corrected chi connectivity index (χ3v) is 11.5. The van der Waals surface area contributed by atoms with E-state index in [1.807, 2.05) is 24.3 Å². The van der Waals surface area contributed by atoms with Crippen LogP contribution >= 0.6 is 0 Å². The largest absolute Gasteiger partial charge is 0.384 e. The van der Waals surface area contributed by atoms with Crippen molar-refractivity contribution >= 4 is 43.2 Å². The van der Waals surface area contributed by atoms with Gasteiger partial charge in [0, 0.05) is 66.8 Å². The van der Waals surface area contributed by atoms with Crippen molar-refractivity contribution < 1.29 is 8.42 Å². The third kappa shape index (κ3) is 6.38. The van der Waals surface area contributed by atoms with Crippen molar-refractivity contribution in [2.75, 3.05) is 49.5 Å². The van der Waals surface area contributed by atoms with Crippen molar-refractivity contribution in [3.8, 4) is 0 Å². The Morgan fingerprint density at radius 3 is 2.35 bits per heavy atom. The van der Waals surface area contributed by atoms with Crippen LogP contribution in [0.5, 0.6) is 0 Å². The number of para-hydroxylation sites is 1. The molecule has 1 N–H and O–H groups in total. The van der Waals surface area contributed by atoms with Crippen LogP contribution < -0.4 is 10.2 Å². The van der Waals surface area contributed by atoms with Gasteiger partial charge in [-0.2, -0.15) is 0 Å². The SMILES string of the molecule is O=S(=O)(c1ccccc1)n1ccc2c(N3CCN(CCCCCCCNc4c5c(nc6ccccc46)CCCC5)CC3)cccc21. The van der Waals surface area contributed by atoms with E-state index in [2.05, 4.69) is 45.4 Å². The predicted molar refractivity (Wildman–Crippen MR) is 190 cm³/mol. The highest BCUT2D eigenvalue weighted by Crippen LogP contribution is 2.34. The molecular formula is C38H45N5O2S. The molecule has 1 aliphatic heterocycles. The highest BCUT2D eigenvalue weighted by atomic mass is 32.2.